The van der Waals surface area contributed by atoms with Crippen molar-refractivity contribution in [3.63, 3.8) is 0 Å². The molecule has 3 aromatic rings. The van der Waals surface area contributed by atoms with Gasteiger partial charge in [0.05, 0.1) is 17.5 Å². The van der Waals surface area contributed by atoms with Gasteiger partial charge in [0.1, 0.15) is 5.82 Å². The van der Waals surface area contributed by atoms with E-state index in [1.54, 1.807) is 18.2 Å². The Kier molecular flexibility index (Phi) is 7.42. The molecule has 1 fully saturated rings. The smallest absolute Gasteiger partial charge is 0.254 e. The predicted octanol–water partition coefficient (Wildman–Crippen LogP) is 4.62. The highest BCUT2D eigenvalue weighted by Gasteiger charge is 2.35. The summed E-state index contributed by atoms with van der Waals surface area (Å²) in [6.07, 6.45) is 3.39. The van der Waals surface area contributed by atoms with Gasteiger partial charge in [-0.25, -0.2) is 4.39 Å². The standard InChI is InChI=1S/C25H26FN5O2S/c1-3-14-31-23(21-13-8-15-30(21)24(33)18-10-5-4-9-17(18)2)28-29-25(31)34-16-22(32)27-20-12-7-6-11-19(20)26/h3-7,9-12,21H,1,8,13-16H2,2H3,(H,27,32). The molecule has 2 amide bonds. The van der Waals surface area contributed by atoms with Gasteiger partial charge >= 0.3 is 0 Å². The maximum Gasteiger partial charge on any atom is 0.254 e. The Morgan fingerprint density at radius 3 is 2.74 bits per heavy atom. The highest BCUT2D eigenvalue weighted by atomic mass is 32.2. The lowest BCUT2D eigenvalue weighted by Crippen LogP contribution is -2.32. The minimum absolute atomic E-state index is 0.0211. The van der Waals surface area contributed by atoms with E-state index in [4.69, 9.17) is 0 Å². The second-order valence-corrected chi connectivity index (χ2v) is 8.97. The van der Waals surface area contributed by atoms with Gasteiger partial charge in [-0.3, -0.25) is 9.59 Å². The van der Waals surface area contributed by atoms with Crippen molar-refractivity contribution in [2.24, 2.45) is 0 Å². The Morgan fingerprint density at radius 2 is 1.97 bits per heavy atom. The Bertz CT molecular complexity index is 1210. The number of para-hydroxylation sites is 1. The molecule has 0 radical (unpaired) electrons. The molecule has 7 nitrogen and oxygen atoms in total. The zero-order valence-corrected chi connectivity index (χ0v) is 19.7. The van der Waals surface area contributed by atoms with E-state index in [9.17, 15) is 14.0 Å². The first kappa shape index (κ1) is 23.7. The third-order valence-electron chi connectivity index (χ3n) is 5.72. The number of anilines is 1. The van der Waals surface area contributed by atoms with Crippen molar-refractivity contribution in [2.45, 2.75) is 37.5 Å². The SMILES string of the molecule is C=CCn1c(SCC(=O)Nc2ccccc2F)nnc1C1CCCN1C(=O)c1ccccc1C. The Hall–Kier alpha value is -3.46. The van der Waals surface area contributed by atoms with Crippen LogP contribution >= 0.6 is 11.8 Å². The van der Waals surface area contributed by atoms with Crippen molar-refractivity contribution in [1.29, 1.82) is 0 Å². The lowest BCUT2D eigenvalue weighted by molar-refractivity contribution is -0.113. The Labute approximate surface area is 202 Å². The van der Waals surface area contributed by atoms with E-state index in [-0.39, 0.29) is 29.3 Å². The number of aromatic nitrogens is 3. The summed E-state index contributed by atoms with van der Waals surface area (Å²) in [4.78, 5) is 27.5. The number of carbonyl (C=O) groups is 2. The van der Waals surface area contributed by atoms with Crippen LogP contribution in [0, 0.1) is 12.7 Å². The van der Waals surface area contributed by atoms with Gasteiger partial charge < -0.3 is 14.8 Å². The molecule has 1 aliphatic rings. The molecular formula is C25H26FN5O2S. The summed E-state index contributed by atoms with van der Waals surface area (Å²) in [5, 5.41) is 11.8. The highest BCUT2D eigenvalue weighted by molar-refractivity contribution is 7.99. The second-order valence-electron chi connectivity index (χ2n) is 8.03. The largest absolute Gasteiger partial charge is 0.328 e. The number of halogens is 1. The Morgan fingerprint density at radius 1 is 1.21 bits per heavy atom. The second kappa shape index (κ2) is 10.6. The van der Waals surface area contributed by atoms with Gasteiger partial charge in [0.2, 0.25) is 5.91 Å². The van der Waals surface area contributed by atoms with Crippen LogP contribution in [0.5, 0.6) is 0 Å². The van der Waals surface area contributed by atoms with Crippen molar-refractivity contribution in [3.05, 3.63) is 84.0 Å². The van der Waals surface area contributed by atoms with Gasteiger partial charge in [-0.15, -0.1) is 16.8 Å². The zero-order valence-electron chi connectivity index (χ0n) is 18.9. The number of rotatable bonds is 8. The average Bonchev–Trinajstić information content (AvgIpc) is 3.46. The number of amides is 2. The Balaban J connectivity index is 1.51. The van der Waals surface area contributed by atoms with Crippen LogP contribution in [-0.2, 0) is 11.3 Å². The fourth-order valence-corrected chi connectivity index (χ4v) is 4.83. The van der Waals surface area contributed by atoms with Crippen LogP contribution in [0.15, 0.2) is 66.3 Å². The third-order valence-corrected chi connectivity index (χ3v) is 6.69. The van der Waals surface area contributed by atoms with Crippen LogP contribution in [0.1, 0.15) is 40.6 Å². The monoisotopic (exact) mass is 479 g/mol. The number of nitrogens with zero attached hydrogens (tertiary/aromatic N) is 4. The molecule has 1 N–H and O–H groups in total. The molecular weight excluding hydrogens is 453 g/mol. The van der Waals surface area contributed by atoms with Crippen LogP contribution in [0.4, 0.5) is 10.1 Å². The van der Waals surface area contributed by atoms with Gasteiger partial charge in [-0.2, -0.15) is 0 Å². The molecule has 0 spiro atoms. The van der Waals surface area contributed by atoms with Crippen LogP contribution < -0.4 is 5.32 Å². The summed E-state index contributed by atoms with van der Waals surface area (Å²) in [5.74, 6) is -0.136. The first-order valence-corrected chi connectivity index (χ1v) is 12.1. The molecule has 4 rings (SSSR count). The molecule has 1 saturated heterocycles. The molecule has 1 atom stereocenters. The molecule has 9 heteroatoms. The van der Waals surface area contributed by atoms with E-state index >= 15 is 0 Å². The van der Waals surface area contributed by atoms with Crippen molar-refractivity contribution in [2.75, 3.05) is 17.6 Å². The van der Waals surface area contributed by atoms with Crippen LogP contribution in [0.25, 0.3) is 0 Å². The molecule has 0 aliphatic carbocycles. The molecule has 34 heavy (non-hydrogen) atoms. The summed E-state index contributed by atoms with van der Waals surface area (Å²) in [7, 11) is 0. The minimum Gasteiger partial charge on any atom is -0.328 e. The van der Waals surface area contributed by atoms with Crippen LogP contribution in [-0.4, -0.2) is 43.8 Å². The minimum atomic E-state index is -0.488. The topological polar surface area (TPSA) is 80.1 Å². The van der Waals surface area contributed by atoms with Crippen LogP contribution in [0.3, 0.4) is 0 Å². The molecule has 0 bridgehead atoms. The number of nitrogens with one attached hydrogen (secondary N) is 1. The number of benzene rings is 2. The number of likely N-dealkylation sites (tertiary alicyclic amines) is 1. The van der Waals surface area contributed by atoms with Gasteiger partial charge in [0, 0.05) is 18.7 Å². The maximum atomic E-state index is 13.8. The van der Waals surface area contributed by atoms with Gasteiger partial charge in [-0.1, -0.05) is 48.2 Å². The van der Waals surface area contributed by atoms with Crippen LogP contribution in [0.2, 0.25) is 0 Å². The lowest BCUT2D eigenvalue weighted by Gasteiger charge is -2.25. The summed E-state index contributed by atoms with van der Waals surface area (Å²) < 4.78 is 15.7. The van der Waals surface area contributed by atoms with Gasteiger partial charge in [0.15, 0.2) is 11.0 Å². The summed E-state index contributed by atoms with van der Waals surface area (Å²) in [6.45, 7) is 6.85. The molecule has 1 unspecified atom stereocenters. The maximum absolute atomic E-state index is 13.8. The van der Waals surface area contributed by atoms with E-state index in [1.807, 2.05) is 40.7 Å². The van der Waals surface area contributed by atoms with E-state index < -0.39 is 5.82 Å². The number of aryl methyl sites for hydroxylation is 1. The summed E-state index contributed by atoms with van der Waals surface area (Å²) in [6, 6.07) is 13.4. The highest BCUT2D eigenvalue weighted by Crippen LogP contribution is 2.34. The number of carbonyl (C=O) groups excluding carboxylic acids is 2. The number of allylic oxidation sites excluding steroid dienone is 1. The van der Waals surface area contributed by atoms with Crippen molar-refractivity contribution >= 4 is 29.3 Å². The first-order valence-electron chi connectivity index (χ1n) is 11.1. The van der Waals surface area contributed by atoms with Crippen molar-refractivity contribution in [1.82, 2.24) is 19.7 Å². The number of hydrogen-bond acceptors (Lipinski definition) is 5. The van der Waals surface area contributed by atoms with Crippen molar-refractivity contribution < 1.29 is 14.0 Å². The normalized spacial score (nSPS) is 15.4. The summed E-state index contributed by atoms with van der Waals surface area (Å²) >= 11 is 1.21. The average molecular weight is 480 g/mol. The molecule has 0 saturated carbocycles. The van der Waals surface area contributed by atoms with Crippen molar-refractivity contribution in [3.8, 4) is 0 Å². The zero-order chi connectivity index (χ0) is 24.1. The quantitative estimate of drug-likeness (QED) is 0.377. The van der Waals surface area contributed by atoms with E-state index in [0.717, 1.165) is 18.4 Å². The molecule has 2 heterocycles. The molecule has 1 aromatic heterocycles. The molecule has 176 valence electrons. The van der Waals surface area contributed by atoms with E-state index in [0.29, 0.717) is 29.6 Å². The fourth-order valence-electron chi connectivity index (χ4n) is 4.08. The van der Waals surface area contributed by atoms with Gasteiger partial charge in [0.25, 0.3) is 5.91 Å². The number of hydrogen-bond donors (Lipinski definition) is 1. The summed E-state index contributed by atoms with van der Waals surface area (Å²) in [5.41, 5.74) is 1.75. The predicted molar refractivity (Wildman–Crippen MR) is 130 cm³/mol. The molecule has 2 aromatic carbocycles. The first-order chi connectivity index (χ1) is 16.5. The fraction of sp³-hybridized carbons (Fsp3) is 0.280. The third kappa shape index (κ3) is 5.04. The van der Waals surface area contributed by atoms with E-state index in [2.05, 4.69) is 22.1 Å². The number of thioether (sulfide) groups is 1. The van der Waals surface area contributed by atoms with Gasteiger partial charge in [-0.05, 0) is 43.5 Å². The molecule has 1 aliphatic heterocycles. The van der Waals surface area contributed by atoms with E-state index in [1.165, 1.54) is 23.9 Å². The lowest BCUT2D eigenvalue weighted by atomic mass is 10.1.